The Morgan fingerprint density at radius 1 is 1.04 bits per heavy atom. The number of hydrogen-bond donors (Lipinski definition) is 7. The minimum atomic E-state index is -2.24. The molecule has 14 nitrogen and oxygen atoms in total. The first-order valence-electron chi connectivity index (χ1n) is 16.4. The molecule has 3 aliphatic rings. The van der Waals surface area contributed by atoms with Crippen LogP contribution in [-0.2, 0) is 25.5 Å². The van der Waals surface area contributed by atoms with Crippen molar-refractivity contribution in [3.8, 4) is 17.2 Å². The molecule has 2 aliphatic carbocycles. The zero-order valence-corrected chi connectivity index (χ0v) is 29.0. The molecule has 2 aromatic rings. The van der Waals surface area contributed by atoms with Crippen LogP contribution in [0.15, 0.2) is 18.2 Å². The number of carbonyl (C=O) groups is 4. The molecule has 1 fully saturated rings. The maximum Gasteiger partial charge on any atom is 0.303 e. The predicted octanol–water partition coefficient (Wildman–Crippen LogP) is 2.85. The van der Waals surface area contributed by atoms with Gasteiger partial charge in [0.25, 0.3) is 0 Å². The van der Waals surface area contributed by atoms with Crippen molar-refractivity contribution in [2.75, 3.05) is 13.7 Å². The highest BCUT2D eigenvalue weighted by molar-refractivity contribution is 6.31. The highest BCUT2D eigenvalue weighted by Crippen LogP contribution is 2.52. The molecule has 2 aromatic carbocycles. The van der Waals surface area contributed by atoms with E-state index in [9.17, 15) is 44.7 Å². The maximum absolute atomic E-state index is 13.6. The number of aliphatic hydroxyl groups excluding tert-OH is 2. The first-order chi connectivity index (χ1) is 23.2. The van der Waals surface area contributed by atoms with Gasteiger partial charge in [-0.15, -0.1) is 12.4 Å². The molecule has 1 heterocycles. The van der Waals surface area contributed by atoms with Crippen LogP contribution in [0.25, 0.3) is 0 Å². The number of carboxylic acid groups (broad SMARTS) is 1. The van der Waals surface area contributed by atoms with Gasteiger partial charge in [-0.05, 0) is 19.4 Å². The van der Waals surface area contributed by atoms with Gasteiger partial charge >= 0.3 is 5.97 Å². The third-order valence-corrected chi connectivity index (χ3v) is 9.30. The number of methoxy groups -OCH3 is 1. The van der Waals surface area contributed by atoms with E-state index in [4.69, 9.17) is 25.1 Å². The van der Waals surface area contributed by atoms with E-state index >= 15 is 0 Å². The van der Waals surface area contributed by atoms with Crippen LogP contribution >= 0.6 is 12.4 Å². The predicted molar refractivity (Wildman–Crippen MR) is 180 cm³/mol. The average molecular weight is 724 g/mol. The van der Waals surface area contributed by atoms with Crippen LogP contribution in [0.5, 0.6) is 17.2 Å². The van der Waals surface area contributed by atoms with Crippen molar-refractivity contribution in [2.45, 2.75) is 108 Å². The molecule has 0 amide bonds. The van der Waals surface area contributed by atoms with Crippen molar-refractivity contribution in [3.05, 3.63) is 51.6 Å². The Labute approximate surface area is 295 Å². The van der Waals surface area contributed by atoms with Gasteiger partial charge in [-0.1, -0.05) is 44.7 Å². The van der Waals surface area contributed by atoms with Crippen LogP contribution in [0.1, 0.15) is 114 Å². The van der Waals surface area contributed by atoms with Crippen molar-refractivity contribution in [2.24, 2.45) is 5.73 Å². The normalized spacial score (nSPS) is 25.2. The van der Waals surface area contributed by atoms with E-state index in [1.54, 1.807) is 6.92 Å². The summed E-state index contributed by atoms with van der Waals surface area (Å²) in [5.74, 6) is -4.44. The number of ketones is 3. The lowest BCUT2D eigenvalue weighted by atomic mass is 9.72. The molecule has 0 bridgehead atoms. The van der Waals surface area contributed by atoms with Crippen LogP contribution in [0.3, 0.4) is 0 Å². The van der Waals surface area contributed by atoms with Crippen molar-refractivity contribution in [1.82, 2.24) is 0 Å². The summed E-state index contributed by atoms with van der Waals surface area (Å²) in [5, 5.41) is 62.0. The molecule has 1 aliphatic heterocycles. The highest BCUT2D eigenvalue weighted by Gasteiger charge is 2.50. The van der Waals surface area contributed by atoms with Gasteiger partial charge in [-0.3, -0.25) is 19.2 Å². The van der Waals surface area contributed by atoms with Gasteiger partial charge in [0, 0.05) is 48.4 Å². The Morgan fingerprint density at radius 3 is 2.30 bits per heavy atom. The maximum atomic E-state index is 13.6. The SMILES string of the molecule is CCCCCCCC(=O)O.COc1cccc2c1C(=O)c1c(O)c3c(c(O)c1C2=O)C[C@@](O)(C(=O)CO)C[C@@H]3O[C@H]1C[C@H](N)[C@H](O)[C@H](C)O1.Cl. The second-order valence-electron chi connectivity index (χ2n) is 12.7. The molecule has 6 atom stereocenters. The number of fused-ring (bicyclic) bond motifs is 3. The van der Waals surface area contributed by atoms with Gasteiger partial charge in [-0.25, -0.2) is 0 Å². The van der Waals surface area contributed by atoms with Crippen molar-refractivity contribution in [3.63, 3.8) is 0 Å². The molecular weight excluding hydrogens is 678 g/mol. The van der Waals surface area contributed by atoms with Gasteiger partial charge < -0.3 is 50.6 Å². The lowest BCUT2D eigenvalue weighted by Gasteiger charge is -2.42. The third kappa shape index (κ3) is 8.12. The molecular formula is C35H46ClNO13. The lowest BCUT2D eigenvalue weighted by Crippen LogP contribution is -2.53. The molecule has 0 radical (unpaired) electrons. The number of benzene rings is 2. The number of phenols is 2. The van der Waals surface area contributed by atoms with Crippen molar-refractivity contribution < 1.29 is 64.0 Å². The molecule has 1 saturated heterocycles. The molecule has 50 heavy (non-hydrogen) atoms. The number of hydrogen-bond acceptors (Lipinski definition) is 13. The van der Waals surface area contributed by atoms with E-state index in [2.05, 4.69) is 6.92 Å². The number of unbranched alkanes of at least 4 members (excludes halogenated alkanes) is 4. The summed E-state index contributed by atoms with van der Waals surface area (Å²) in [6.45, 7) is 2.71. The van der Waals surface area contributed by atoms with Gasteiger partial charge in [0.15, 0.2) is 17.9 Å². The van der Waals surface area contributed by atoms with Crippen molar-refractivity contribution >= 4 is 35.7 Å². The summed E-state index contributed by atoms with van der Waals surface area (Å²) in [6, 6.07) is 3.64. The Balaban J connectivity index is 0.000000537. The van der Waals surface area contributed by atoms with E-state index in [0.29, 0.717) is 6.42 Å². The molecule has 5 rings (SSSR count). The van der Waals surface area contributed by atoms with Crippen LogP contribution in [-0.4, -0.2) is 97.8 Å². The monoisotopic (exact) mass is 723 g/mol. The van der Waals surface area contributed by atoms with E-state index < -0.39 is 102 Å². The van der Waals surface area contributed by atoms with Crippen LogP contribution in [0.4, 0.5) is 0 Å². The summed E-state index contributed by atoms with van der Waals surface area (Å²) in [6.07, 6.45) is 0.762. The molecule has 0 spiro atoms. The number of phenolic OH excluding ortho intramolecular Hbond substituents is 2. The molecule has 8 N–H and O–H groups in total. The number of nitrogens with two attached hydrogens (primary N) is 1. The minimum Gasteiger partial charge on any atom is -0.507 e. The quantitative estimate of drug-likeness (QED) is 0.111. The van der Waals surface area contributed by atoms with E-state index in [0.717, 1.165) is 12.8 Å². The smallest absolute Gasteiger partial charge is 0.303 e. The first kappa shape index (κ1) is 40.8. The molecule has 276 valence electrons. The van der Waals surface area contributed by atoms with Crippen LogP contribution in [0.2, 0.25) is 0 Å². The Kier molecular flexibility index (Phi) is 13.9. The zero-order valence-electron chi connectivity index (χ0n) is 28.2. The van der Waals surface area contributed by atoms with Crippen molar-refractivity contribution in [1.29, 1.82) is 0 Å². The Hall–Kier alpha value is -3.63. The van der Waals surface area contributed by atoms with E-state index in [1.807, 2.05) is 0 Å². The van der Waals surface area contributed by atoms with Crippen LogP contribution < -0.4 is 10.5 Å². The van der Waals surface area contributed by atoms with E-state index in [1.165, 1.54) is 44.6 Å². The first-order valence-corrected chi connectivity index (χ1v) is 16.4. The van der Waals surface area contributed by atoms with Crippen LogP contribution in [0, 0.1) is 0 Å². The summed E-state index contributed by atoms with van der Waals surface area (Å²) >= 11 is 0. The molecule has 0 aromatic heterocycles. The number of carbonyl (C=O) groups excluding carboxylic acids is 3. The fourth-order valence-electron chi connectivity index (χ4n) is 6.63. The fraction of sp³-hybridized carbons (Fsp3) is 0.543. The Morgan fingerprint density at radius 2 is 1.70 bits per heavy atom. The van der Waals surface area contributed by atoms with Gasteiger partial charge in [0.2, 0.25) is 5.78 Å². The molecule has 0 saturated carbocycles. The molecule has 15 heteroatoms. The number of aliphatic carboxylic acids is 1. The van der Waals surface area contributed by atoms with Gasteiger partial charge in [-0.2, -0.15) is 0 Å². The number of Topliss-reactive ketones (excluding diaryl/α,β-unsaturated/α-hetero) is 1. The summed E-state index contributed by atoms with van der Waals surface area (Å²) in [5.41, 5.74) is 2.37. The average Bonchev–Trinajstić information content (AvgIpc) is 3.06. The number of aliphatic hydroxyl groups is 3. The van der Waals surface area contributed by atoms with Gasteiger partial charge in [0.05, 0.1) is 42.1 Å². The summed E-state index contributed by atoms with van der Waals surface area (Å²) < 4.78 is 17.0. The third-order valence-electron chi connectivity index (χ3n) is 9.30. The number of aromatic hydroxyl groups is 2. The fourth-order valence-corrected chi connectivity index (χ4v) is 6.63. The number of halogens is 1. The minimum absolute atomic E-state index is 0. The lowest BCUT2D eigenvalue weighted by molar-refractivity contribution is -0.247. The summed E-state index contributed by atoms with van der Waals surface area (Å²) in [7, 11) is 1.32. The second kappa shape index (κ2) is 17.1. The standard InChI is InChI=1S/C27H29NO11.C8H16O2.ClH/c1-10-22(31)13(28)6-17(38-10)39-15-8-27(36,16(30)9-29)7-12-19(15)26(35)21-20(24(12)33)23(32)11-4-3-5-14(37-2)18(11)25(21)34;1-2-3-4-5-6-7-8(9)10;/h3-5,10,13,15,17,22,29,31,33,35-36H,6-9,28H2,1-2H3;2-7H2,1H3,(H,9,10);1H/t10-,13-,15-,17-,22+,27-;;/m0../s1. The second-order valence-corrected chi connectivity index (χ2v) is 12.7. The van der Waals surface area contributed by atoms with E-state index in [-0.39, 0.29) is 46.8 Å². The number of carboxylic acids is 1. The molecule has 0 unspecified atom stereocenters. The topological polar surface area (TPSA) is 243 Å². The van der Waals surface area contributed by atoms with Gasteiger partial charge in [0.1, 0.15) is 29.5 Å². The Bertz CT molecular complexity index is 1580. The highest BCUT2D eigenvalue weighted by atomic mass is 35.5. The largest absolute Gasteiger partial charge is 0.507 e. The number of ether oxygens (including phenoxy) is 3. The summed E-state index contributed by atoms with van der Waals surface area (Å²) in [4.78, 5) is 49.8. The number of rotatable bonds is 11. The zero-order chi connectivity index (χ0) is 36.2.